The number of ether oxygens (including phenoxy) is 4. The van der Waals surface area contributed by atoms with Crippen LogP contribution < -0.4 is 18.9 Å². The van der Waals surface area contributed by atoms with E-state index in [0.717, 1.165) is 22.6 Å². The number of rotatable bonds is 10. The van der Waals surface area contributed by atoms with Gasteiger partial charge in [0.1, 0.15) is 24.7 Å². The van der Waals surface area contributed by atoms with Gasteiger partial charge in [0.25, 0.3) is 5.91 Å². The van der Waals surface area contributed by atoms with Crippen LogP contribution in [0.2, 0.25) is 5.02 Å². The molecule has 0 bridgehead atoms. The number of carbonyl (C=O) groups excluding carboxylic acids is 1. The minimum Gasteiger partial charge on any atom is -0.497 e. The number of methoxy groups -OCH3 is 2. The van der Waals surface area contributed by atoms with Crippen molar-refractivity contribution in [1.82, 2.24) is 4.90 Å². The first-order valence-corrected chi connectivity index (χ1v) is 11.6. The second-order valence-corrected chi connectivity index (χ2v) is 8.65. The number of carboxylic acids is 1. The first-order valence-electron chi connectivity index (χ1n) is 11.3. The molecule has 0 radical (unpaired) electrons. The van der Waals surface area contributed by atoms with Crippen LogP contribution in [0.5, 0.6) is 23.0 Å². The molecule has 1 amide bonds. The predicted octanol–water partition coefficient (Wildman–Crippen LogP) is 4.67. The molecule has 4 rings (SSSR count). The van der Waals surface area contributed by atoms with Crippen LogP contribution in [0, 0.1) is 5.92 Å². The monoisotopic (exact) mass is 511 g/mol. The van der Waals surface area contributed by atoms with E-state index in [1.165, 1.54) is 4.90 Å². The van der Waals surface area contributed by atoms with Crippen molar-refractivity contribution >= 4 is 23.5 Å². The third-order valence-corrected chi connectivity index (χ3v) is 6.28. The van der Waals surface area contributed by atoms with E-state index in [4.69, 9.17) is 35.7 Å². The van der Waals surface area contributed by atoms with Crippen molar-refractivity contribution in [2.75, 3.05) is 27.3 Å². The van der Waals surface area contributed by atoms with Gasteiger partial charge >= 0.3 is 5.97 Å². The van der Waals surface area contributed by atoms with Crippen molar-refractivity contribution in [2.45, 2.75) is 13.2 Å². The van der Waals surface area contributed by atoms with Gasteiger partial charge in [-0.2, -0.15) is 0 Å². The quantitative estimate of drug-likeness (QED) is 0.422. The maximum atomic E-state index is 13.0. The van der Waals surface area contributed by atoms with E-state index in [1.54, 1.807) is 26.4 Å². The molecule has 1 heterocycles. The van der Waals surface area contributed by atoms with Gasteiger partial charge in [0.05, 0.1) is 30.7 Å². The van der Waals surface area contributed by atoms with E-state index in [1.807, 2.05) is 48.5 Å². The molecule has 0 aliphatic carbocycles. The summed E-state index contributed by atoms with van der Waals surface area (Å²) >= 11 is 6.66. The standard InChI is InChI=1S/C27H26ClNO7/c1-33-20-7-3-17(4-8-20)15-35-23-12-11-22(26(30)29-13-19(14-29)27(31)32)24(28)25(23)36-16-18-5-9-21(34-2)10-6-18/h3-12,19H,13-16H2,1-2H3,(H,31,32). The molecule has 9 heteroatoms. The maximum absolute atomic E-state index is 13.0. The number of nitrogens with zero attached hydrogens (tertiary/aromatic N) is 1. The first kappa shape index (κ1) is 25.2. The molecule has 0 aromatic heterocycles. The maximum Gasteiger partial charge on any atom is 0.310 e. The van der Waals surface area contributed by atoms with E-state index < -0.39 is 11.9 Å². The third kappa shape index (κ3) is 5.66. The predicted molar refractivity (Wildman–Crippen MR) is 133 cm³/mol. The van der Waals surface area contributed by atoms with Crippen LogP contribution in [0.25, 0.3) is 0 Å². The average molecular weight is 512 g/mol. The van der Waals surface area contributed by atoms with E-state index in [2.05, 4.69) is 0 Å². The third-order valence-electron chi connectivity index (χ3n) is 5.91. The smallest absolute Gasteiger partial charge is 0.310 e. The molecule has 0 spiro atoms. The molecule has 0 unspecified atom stereocenters. The minimum absolute atomic E-state index is 0.111. The van der Waals surface area contributed by atoms with Crippen LogP contribution in [-0.4, -0.2) is 49.2 Å². The summed E-state index contributed by atoms with van der Waals surface area (Å²) in [6, 6.07) is 18.0. The van der Waals surface area contributed by atoms with E-state index in [0.29, 0.717) is 5.75 Å². The summed E-state index contributed by atoms with van der Waals surface area (Å²) in [6.07, 6.45) is 0. The zero-order valence-electron chi connectivity index (χ0n) is 19.9. The summed E-state index contributed by atoms with van der Waals surface area (Å²) in [5.41, 5.74) is 2.01. The van der Waals surface area contributed by atoms with Gasteiger partial charge in [-0.05, 0) is 47.5 Å². The van der Waals surface area contributed by atoms with Gasteiger partial charge in [0.15, 0.2) is 11.5 Å². The molecule has 3 aromatic carbocycles. The fourth-order valence-electron chi connectivity index (χ4n) is 3.68. The molecule has 1 aliphatic rings. The highest BCUT2D eigenvalue weighted by Gasteiger charge is 2.37. The lowest BCUT2D eigenvalue weighted by Gasteiger charge is -2.36. The van der Waals surface area contributed by atoms with E-state index >= 15 is 0 Å². The highest BCUT2D eigenvalue weighted by molar-refractivity contribution is 6.35. The zero-order valence-corrected chi connectivity index (χ0v) is 20.7. The summed E-state index contributed by atoms with van der Waals surface area (Å²) in [5.74, 6) is 0.247. The lowest BCUT2D eigenvalue weighted by atomic mass is 9.99. The molecule has 3 aromatic rings. The Morgan fingerprint density at radius 2 is 1.39 bits per heavy atom. The SMILES string of the molecule is COc1ccc(COc2ccc(C(=O)N3CC(C(=O)O)C3)c(Cl)c2OCc2ccc(OC)cc2)cc1. The number of amides is 1. The summed E-state index contributed by atoms with van der Waals surface area (Å²) < 4.78 is 22.4. The Balaban J connectivity index is 1.55. The fourth-order valence-corrected chi connectivity index (χ4v) is 3.97. The average Bonchev–Trinajstić information content (AvgIpc) is 2.86. The van der Waals surface area contributed by atoms with Gasteiger partial charge < -0.3 is 29.0 Å². The Kier molecular flexibility index (Phi) is 7.85. The topological polar surface area (TPSA) is 94.5 Å². The van der Waals surface area contributed by atoms with Crippen LogP contribution in [0.3, 0.4) is 0 Å². The van der Waals surface area contributed by atoms with E-state index in [-0.39, 0.29) is 48.5 Å². The number of likely N-dealkylation sites (tertiary alicyclic amines) is 1. The molecule has 1 fully saturated rings. The van der Waals surface area contributed by atoms with Crippen LogP contribution in [-0.2, 0) is 18.0 Å². The van der Waals surface area contributed by atoms with Gasteiger partial charge in [0, 0.05) is 13.1 Å². The lowest BCUT2D eigenvalue weighted by molar-refractivity contribution is -0.146. The molecule has 0 atom stereocenters. The molecule has 1 saturated heterocycles. The van der Waals surface area contributed by atoms with Gasteiger partial charge in [-0.15, -0.1) is 0 Å². The highest BCUT2D eigenvalue weighted by atomic mass is 35.5. The van der Waals surface area contributed by atoms with Crippen molar-refractivity contribution in [3.05, 3.63) is 82.4 Å². The Hall–Kier alpha value is -3.91. The largest absolute Gasteiger partial charge is 0.497 e. The van der Waals surface area contributed by atoms with Crippen LogP contribution >= 0.6 is 11.6 Å². The number of hydrogen-bond acceptors (Lipinski definition) is 6. The summed E-state index contributed by atoms with van der Waals surface area (Å²) in [4.78, 5) is 25.6. The van der Waals surface area contributed by atoms with Crippen LogP contribution in [0.1, 0.15) is 21.5 Å². The van der Waals surface area contributed by atoms with Gasteiger partial charge in [-0.3, -0.25) is 9.59 Å². The first-order chi connectivity index (χ1) is 17.4. The molecule has 0 saturated carbocycles. The number of halogens is 1. The second-order valence-electron chi connectivity index (χ2n) is 8.27. The molecule has 1 N–H and O–H groups in total. The minimum atomic E-state index is -0.920. The normalized spacial score (nSPS) is 13.0. The Morgan fingerprint density at radius 3 is 1.89 bits per heavy atom. The fraction of sp³-hybridized carbons (Fsp3) is 0.259. The number of benzene rings is 3. The highest BCUT2D eigenvalue weighted by Crippen LogP contribution is 2.40. The second kappa shape index (κ2) is 11.2. The summed E-state index contributed by atoms with van der Waals surface area (Å²) in [6.45, 7) is 0.717. The van der Waals surface area contributed by atoms with Crippen LogP contribution in [0.4, 0.5) is 0 Å². The summed E-state index contributed by atoms with van der Waals surface area (Å²) in [5, 5.41) is 9.23. The number of carboxylic acid groups (broad SMARTS) is 1. The molecule has 8 nitrogen and oxygen atoms in total. The van der Waals surface area contributed by atoms with Crippen molar-refractivity contribution in [2.24, 2.45) is 5.92 Å². The number of aliphatic carboxylic acids is 1. The lowest BCUT2D eigenvalue weighted by Crippen LogP contribution is -2.53. The number of carbonyl (C=O) groups is 2. The molecule has 188 valence electrons. The van der Waals surface area contributed by atoms with Crippen LogP contribution in [0.15, 0.2) is 60.7 Å². The number of hydrogen-bond donors (Lipinski definition) is 1. The van der Waals surface area contributed by atoms with Crippen molar-refractivity contribution in [3.8, 4) is 23.0 Å². The van der Waals surface area contributed by atoms with Gasteiger partial charge in [-0.25, -0.2) is 0 Å². The van der Waals surface area contributed by atoms with Gasteiger partial charge in [0.2, 0.25) is 0 Å². The Labute approximate surface area is 213 Å². The van der Waals surface area contributed by atoms with E-state index in [9.17, 15) is 9.59 Å². The van der Waals surface area contributed by atoms with Crippen molar-refractivity contribution in [3.63, 3.8) is 0 Å². The molecular formula is C27H26ClNO7. The van der Waals surface area contributed by atoms with Crippen molar-refractivity contribution in [1.29, 1.82) is 0 Å². The zero-order chi connectivity index (χ0) is 25.7. The van der Waals surface area contributed by atoms with Crippen molar-refractivity contribution < 1.29 is 33.6 Å². The van der Waals surface area contributed by atoms with Gasteiger partial charge in [-0.1, -0.05) is 35.9 Å². The Bertz CT molecular complexity index is 1220. The Morgan fingerprint density at radius 1 is 0.861 bits per heavy atom. The molecular weight excluding hydrogens is 486 g/mol. The molecule has 36 heavy (non-hydrogen) atoms. The molecule has 1 aliphatic heterocycles. The summed E-state index contributed by atoms with van der Waals surface area (Å²) in [7, 11) is 3.20.